The fourth-order valence-electron chi connectivity index (χ4n) is 2.42. The van der Waals surface area contributed by atoms with Crippen molar-refractivity contribution in [2.24, 2.45) is 5.73 Å². The number of hydrogen-bond donors (Lipinski definition) is 2. The van der Waals surface area contributed by atoms with E-state index in [9.17, 15) is 8.42 Å². The molecule has 4 nitrogen and oxygen atoms in total. The number of benzene rings is 1. The zero-order valence-corrected chi connectivity index (χ0v) is 15.2. The summed E-state index contributed by atoms with van der Waals surface area (Å²) in [6.07, 6.45) is 5.38. The smallest absolute Gasteiger partial charge is 0.240 e. The Bertz CT molecular complexity index is 515. The van der Waals surface area contributed by atoms with Gasteiger partial charge in [0.05, 0.1) is 4.90 Å². The van der Waals surface area contributed by atoms with Crippen LogP contribution in [0, 0.1) is 0 Å². The second-order valence-corrected chi connectivity index (χ2v) is 7.15. The van der Waals surface area contributed by atoms with Crippen LogP contribution in [0.4, 0.5) is 0 Å². The minimum atomic E-state index is -3.43. The third-order valence-electron chi connectivity index (χ3n) is 3.47. The van der Waals surface area contributed by atoms with Crippen LogP contribution in [0.2, 0.25) is 0 Å². The Morgan fingerprint density at radius 1 is 1.18 bits per heavy atom. The lowest BCUT2D eigenvalue weighted by Gasteiger charge is -2.17. The van der Waals surface area contributed by atoms with Crippen molar-refractivity contribution >= 4 is 22.4 Å². The maximum atomic E-state index is 12.5. The molecule has 0 aromatic heterocycles. The molecule has 22 heavy (non-hydrogen) atoms. The number of nitrogens with one attached hydrogen (secondary N) is 1. The average molecular weight is 349 g/mol. The molecule has 0 heterocycles. The lowest BCUT2D eigenvalue weighted by Crippen LogP contribution is -2.34. The molecule has 0 radical (unpaired) electrons. The van der Waals surface area contributed by atoms with Gasteiger partial charge in [0, 0.05) is 6.04 Å². The van der Waals surface area contributed by atoms with Crippen molar-refractivity contribution in [2.45, 2.75) is 63.3 Å². The summed E-state index contributed by atoms with van der Waals surface area (Å²) in [6.45, 7) is 4.76. The standard InChI is InChI=1S/C16H28N2O2S.ClH/c1-3-7-15(8-4-2)18-21(19,20)16-11-5-9-14(13-16)10-6-12-17;/h5,9,11,13,15,18H,3-4,6-8,10,12,17H2,1-2H3;1H. The van der Waals surface area contributed by atoms with Gasteiger partial charge in [0.25, 0.3) is 0 Å². The molecule has 6 heteroatoms. The quantitative estimate of drug-likeness (QED) is 0.681. The fourth-order valence-corrected chi connectivity index (χ4v) is 3.80. The van der Waals surface area contributed by atoms with Crippen molar-refractivity contribution in [3.8, 4) is 0 Å². The molecule has 0 amide bonds. The van der Waals surface area contributed by atoms with Gasteiger partial charge in [0.15, 0.2) is 0 Å². The van der Waals surface area contributed by atoms with Crippen molar-refractivity contribution in [3.05, 3.63) is 29.8 Å². The Hall–Kier alpha value is -0.620. The van der Waals surface area contributed by atoms with E-state index in [1.54, 1.807) is 18.2 Å². The maximum Gasteiger partial charge on any atom is 0.240 e. The van der Waals surface area contributed by atoms with Crippen LogP contribution < -0.4 is 10.5 Å². The van der Waals surface area contributed by atoms with Gasteiger partial charge in [-0.1, -0.05) is 38.8 Å². The predicted molar refractivity (Wildman–Crippen MR) is 95.0 cm³/mol. The Balaban J connectivity index is 0.00000441. The second-order valence-electron chi connectivity index (χ2n) is 5.44. The van der Waals surface area contributed by atoms with Crippen LogP contribution in [0.5, 0.6) is 0 Å². The van der Waals surface area contributed by atoms with Gasteiger partial charge in [-0.3, -0.25) is 0 Å². The first-order chi connectivity index (χ1) is 10.0. The molecule has 0 aliphatic rings. The molecule has 1 rings (SSSR count). The number of sulfonamides is 1. The van der Waals surface area contributed by atoms with E-state index in [1.165, 1.54) is 0 Å². The van der Waals surface area contributed by atoms with Crippen molar-refractivity contribution in [1.82, 2.24) is 4.72 Å². The van der Waals surface area contributed by atoms with E-state index in [-0.39, 0.29) is 18.4 Å². The Morgan fingerprint density at radius 2 is 1.82 bits per heavy atom. The van der Waals surface area contributed by atoms with Crippen molar-refractivity contribution in [3.63, 3.8) is 0 Å². The lowest BCUT2D eigenvalue weighted by molar-refractivity contribution is 0.494. The monoisotopic (exact) mass is 348 g/mol. The number of halogens is 1. The first-order valence-electron chi connectivity index (χ1n) is 7.84. The lowest BCUT2D eigenvalue weighted by atomic mass is 10.1. The van der Waals surface area contributed by atoms with E-state index >= 15 is 0 Å². The van der Waals surface area contributed by atoms with Gasteiger partial charge in [0.1, 0.15) is 0 Å². The SMILES string of the molecule is CCCC(CCC)NS(=O)(=O)c1cccc(CCCN)c1.Cl. The van der Waals surface area contributed by atoms with E-state index in [2.05, 4.69) is 18.6 Å². The molecule has 1 aromatic carbocycles. The first kappa shape index (κ1) is 21.4. The Labute approximate surface area is 141 Å². The van der Waals surface area contributed by atoms with Gasteiger partial charge in [-0.25, -0.2) is 13.1 Å². The van der Waals surface area contributed by atoms with Crippen LogP contribution >= 0.6 is 12.4 Å². The zero-order chi connectivity index (χ0) is 15.7. The highest BCUT2D eigenvalue weighted by Gasteiger charge is 2.19. The Kier molecular flexibility index (Phi) is 10.7. The molecule has 0 saturated heterocycles. The molecule has 0 unspecified atom stereocenters. The van der Waals surface area contributed by atoms with Crippen molar-refractivity contribution in [1.29, 1.82) is 0 Å². The summed E-state index contributed by atoms with van der Waals surface area (Å²) >= 11 is 0. The number of nitrogens with two attached hydrogens (primary N) is 1. The molecule has 1 aromatic rings. The molecule has 3 N–H and O–H groups in total. The largest absolute Gasteiger partial charge is 0.330 e. The molecule has 0 aliphatic carbocycles. The van der Waals surface area contributed by atoms with Gasteiger partial charge in [-0.05, 0) is 49.9 Å². The fraction of sp³-hybridized carbons (Fsp3) is 0.625. The molecule has 0 aliphatic heterocycles. The van der Waals surface area contributed by atoms with E-state index in [1.807, 2.05) is 6.07 Å². The summed E-state index contributed by atoms with van der Waals surface area (Å²) in [5.74, 6) is 0. The highest BCUT2D eigenvalue weighted by molar-refractivity contribution is 7.89. The summed E-state index contributed by atoms with van der Waals surface area (Å²) in [6, 6.07) is 7.19. The summed E-state index contributed by atoms with van der Waals surface area (Å²) in [5.41, 5.74) is 6.52. The molecular formula is C16H29ClN2O2S. The van der Waals surface area contributed by atoms with Crippen LogP contribution in [0.25, 0.3) is 0 Å². The number of aryl methyl sites for hydroxylation is 1. The Morgan fingerprint density at radius 3 is 2.36 bits per heavy atom. The van der Waals surface area contributed by atoms with Crippen LogP contribution in [0.15, 0.2) is 29.2 Å². The number of rotatable bonds is 10. The predicted octanol–water partition coefficient (Wildman–Crippen LogP) is 3.25. The molecule has 0 saturated carbocycles. The summed E-state index contributed by atoms with van der Waals surface area (Å²) in [7, 11) is -3.43. The average Bonchev–Trinajstić information content (AvgIpc) is 2.45. The summed E-state index contributed by atoms with van der Waals surface area (Å²) < 4.78 is 27.8. The minimum absolute atomic E-state index is 0. The van der Waals surface area contributed by atoms with Gasteiger partial charge >= 0.3 is 0 Å². The van der Waals surface area contributed by atoms with Crippen molar-refractivity contribution < 1.29 is 8.42 Å². The minimum Gasteiger partial charge on any atom is -0.330 e. The van der Waals surface area contributed by atoms with E-state index < -0.39 is 10.0 Å². The first-order valence-corrected chi connectivity index (χ1v) is 9.33. The number of hydrogen-bond acceptors (Lipinski definition) is 3. The normalized spacial score (nSPS) is 11.5. The van der Waals surface area contributed by atoms with Crippen LogP contribution in [-0.4, -0.2) is 21.0 Å². The van der Waals surface area contributed by atoms with E-state index in [0.717, 1.165) is 44.1 Å². The third kappa shape index (κ3) is 7.09. The molecule has 0 atom stereocenters. The van der Waals surface area contributed by atoms with E-state index in [0.29, 0.717) is 11.4 Å². The summed E-state index contributed by atoms with van der Waals surface area (Å²) in [4.78, 5) is 0.356. The zero-order valence-electron chi connectivity index (χ0n) is 13.5. The van der Waals surface area contributed by atoms with Crippen LogP contribution in [0.1, 0.15) is 51.5 Å². The van der Waals surface area contributed by atoms with Gasteiger partial charge in [-0.2, -0.15) is 0 Å². The molecule has 128 valence electrons. The van der Waals surface area contributed by atoms with Gasteiger partial charge in [0.2, 0.25) is 10.0 Å². The third-order valence-corrected chi connectivity index (χ3v) is 4.99. The second kappa shape index (κ2) is 11.0. The highest BCUT2D eigenvalue weighted by atomic mass is 35.5. The van der Waals surface area contributed by atoms with Crippen molar-refractivity contribution in [2.75, 3.05) is 6.54 Å². The molecule has 0 bridgehead atoms. The molecular weight excluding hydrogens is 320 g/mol. The highest BCUT2D eigenvalue weighted by Crippen LogP contribution is 2.15. The van der Waals surface area contributed by atoms with Gasteiger partial charge < -0.3 is 5.73 Å². The maximum absolute atomic E-state index is 12.5. The van der Waals surface area contributed by atoms with Gasteiger partial charge in [-0.15, -0.1) is 12.4 Å². The summed E-state index contributed by atoms with van der Waals surface area (Å²) in [5, 5.41) is 0. The van der Waals surface area contributed by atoms with Crippen LogP contribution in [-0.2, 0) is 16.4 Å². The molecule has 0 fully saturated rings. The topological polar surface area (TPSA) is 72.2 Å². The van der Waals surface area contributed by atoms with E-state index in [4.69, 9.17) is 5.73 Å². The van der Waals surface area contributed by atoms with Crippen LogP contribution in [0.3, 0.4) is 0 Å². The molecule has 0 spiro atoms.